The molecule has 48 valence electrons. The molecular formula is C5H11NOS. The van der Waals surface area contributed by atoms with Crippen LogP contribution in [0.1, 0.15) is 6.92 Å². The number of hydrogen-bond acceptors (Lipinski definition) is 2. The Bertz CT molecular complexity index is 105. The number of nitrogens with one attached hydrogen (secondary N) is 1. The zero-order chi connectivity index (χ0) is 5.98. The van der Waals surface area contributed by atoms with Gasteiger partial charge in [-0.3, -0.25) is 4.21 Å². The monoisotopic (exact) mass is 133 g/mol. The van der Waals surface area contributed by atoms with Gasteiger partial charge in [0.2, 0.25) is 0 Å². The number of rotatable bonds is 0. The van der Waals surface area contributed by atoms with E-state index in [0.29, 0.717) is 6.04 Å². The Morgan fingerprint density at radius 3 is 2.88 bits per heavy atom. The first-order valence-electron chi connectivity index (χ1n) is 2.87. The molecule has 1 aliphatic rings. The molecule has 2 nitrogen and oxygen atoms in total. The Hall–Kier alpha value is 0.110. The van der Waals surface area contributed by atoms with E-state index in [1.807, 2.05) is 0 Å². The summed E-state index contributed by atoms with van der Waals surface area (Å²) in [5, 5.41) is 3.22. The summed E-state index contributed by atoms with van der Waals surface area (Å²) in [4.78, 5) is 0. The molecule has 0 aromatic heterocycles. The highest BCUT2D eigenvalue weighted by Crippen LogP contribution is 1.93. The lowest BCUT2D eigenvalue weighted by molar-refractivity contribution is 0.584. The summed E-state index contributed by atoms with van der Waals surface area (Å²) < 4.78 is 10.7. The van der Waals surface area contributed by atoms with E-state index in [9.17, 15) is 4.21 Å². The second-order valence-corrected chi connectivity index (χ2v) is 3.79. The van der Waals surface area contributed by atoms with Crippen LogP contribution in [0.5, 0.6) is 0 Å². The van der Waals surface area contributed by atoms with E-state index in [1.54, 1.807) is 0 Å². The van der Waals surface area contributed by atoms with Crippen LogP contribution in [0.4, 0.5) is 0 Å². The molecule has 0 aliphatic carbocycles. The molecule has 3 heteroatoms. The van der Waals surface area contributed by atoms with Crippen LogP contribution in [0.15, 0.2) is 0 Å². The van der Waals surface area contributed by atoms with Crippen LogP contribution in [0.25, 0.3) is 0 Å². The quantitative estimate of drug-likeness (QED) is 0.493. The molecule has 0 amide bonds. The molecule has 1 heterocycles. The fourth-order valence-electron chi connectivity index (χ4n) is 0.840. The van der Waals surface area contributed by atoms with Crippen molar-refractivity contribution >= 4 is 10.8 Å². The van der Waals surface area contributed by atoms with E-state index in [0.717, 1.165) is 18.1 Å². The highest BCUT2D eigenvalue weighted by molar-refractivity contribution is 7.85. The van der Waals surface area contributed by atoms with Crippen LogP contribution < -0.4 is 5.32 Å². The molecule has 8 heavy (non-hydrogen) atoms. The summed E-state index contributed by atoms with van der Waals surface area (Å²) >= 11 is 0. The Balaban J connectivity index is 2.34. The van der Waals surface area contributed by atoms with Crippen molar-refractivity contribution in [1.82, 2.24) is 5.32 Å². The maximum Gasteiger partial charge on any atom is 0.0386 e. The Kier molecular flexibility index (Phi) is 2.02. The molecule has 0 bridgehead atoms. The van der Waals surface area contributed by atoms with Crippen molar-refractivity contribution in [2.45, 2.75) is 13.0 Å². The average Bonchev–Trinajstić information content (AvgIpc) is 1.64. The normalized spacial score (nSPS) is 39.6. The predicted molar refractivity (Wildman–Crippen MR) is 35.3 cm³/mol. The molecular weight excluding hydrogens is 122 g/mol. The van der Waals surface area contributed by atoms with E-state index in [-0.39, 0.29) is 0 Å². The minimum atomic E-state index is -0.533. The van der Waals surface area contributed by atoms with Crippen molar-refractivity contribution in [3.63, 3.8) is 0 Å². The summed E-state index contributed by atoms with van der Waals surface area (Å²) in [6, 6.07) is 0.463. The van der Waals surface area contributed by atoms with Crippen molar-refractivity contribution in [2.75, 3.05) is 18.1 Å². The molecule has 1 fully saturated rings. The van der Waals surface area contributed by atoms with E-state index >= 15 is 0 Å². The standard InChI is InChI=1S/C5H11NOS/c1-5-4-8(7)3-2-6-5/h5-6H,2-4H2,1H3/t5-,8-/m0/s1. The van der Waals surface area contributed by atoms with Gasteiger partial charge in [0.25, 0.3) is 0 Å². The molecule has 0 saturated carbocycles. The van der Waals surface area contributed by atoms with Gasteiger partial charge in [-0.2, -0.15) is 0 Å². The molecule has 0 aromatic rings. The Labute approximate surface area is 52.1 Å². The zero-order valence-corrected chi connectivity index (χ0v) is 5.83. The lowest BCUT2D eigenvalue weighted by atomic mass is 10.4. The van der Waals surface area contributed by atoms with E-state index in [1.165, 1.54) is 0 Å². The van der Waals surface area contributed by atoms with Gasteiger partial charge in [0, 0.05) is 34.9 Å². The first kappa shape index (κ1) is 6.23. The maximum absolute atomic E-state index is 10.7. The van der Waals surface area contributed by atoms with Crippen molar-refractivity contribution in [1.29, 1.82) is 0 Å². The molecule has 0 spiro atoms. The van der Waals surface area contributed by atoms with Gasteiger partial charge in [0.15, 0.2) is 0 Å². The van der Waals surface area contributed by atoms with Crippen molar-refractivity contribution in [3.05, 3.63) is 0 Å². The molecule has 2 atom stereocenters. The van der Waals surface area contributed by atoms with Crippen molar-refractivity contribution in [3.8, 4) is 0 Å². The summed E-state index contributed by atoms with van der Waals surface area (Å²) in [6.07, 6.45) is 0. The Morgan fingerprint density at radius 2 is 2.50 bits per heavy atom. The van der Waals surface area contributed by atoms with Gasteiger partial charge in [-0.05, 0) is 6.92 Å². The van der Waals surface area contributed by atoms with Crippen LogP contribution in [-0.4, -0.2) is 28.3 Å². The Morgan fingerprint density at radius 1 is 1.75 bits per heavy atom. The van der Waals surface area contributed by atoms with Gasteiger partial charge in [-0.1, -0.05) is 0 Å². The SMILES string of the molecule is C[C@H]1C[S@@](=O)CCN1. The van der Waals surface area contributed by atoms with Gasteiger partial charge in [0.05, 0.1) is 0 Å². The number of hydrogen-bond donors (Lipinski definition) is 1. The summed E-state index contributed by atoms with van der Waals surface area (Å²) in [6.45, 7) is 2.99. The fourth-order valence-corrected chi connectivity index (χ4v) is 2.03. The summed E-state index contributed by atoms with van der Waals surface area (Å²) in [7, 11) is -0.533. The lowest BCUT2D eigenvalue weighted by Crippen LogP contribution is -2.40. The summed E-state index contributed by atoms with van der Waals surface area (Å²) in [5.74, 6) is 1.67. The smallest absolute Gasteiger partial charge is 0.0386 e. The third kappa shape index (κ3) is 1.56. The molecule has 0 aromatic carbocycles. The highest BCUT2D eigenvalue weighted by Gasteiger charge is 2.11. The molecule has 1 N–H and O–H groups in total. The van der Waals surface area contributed by atoms with Crippen LogP contribution in [-0.2, 0) is 10.8 Å². The lowest BCUT2D eigenvalue weighted by Gasteiger charge is -2.18. The third-order valence-corrected chi connectivity index (χ3v) is 2.79. The van der Waals surface area contributed by atoms with Gasteiger partial charge in [-0.15, -0.1) is 0 Å². The molecule has 0 unspecified atom stereocenters. The minimum absolute atomic E-state index is 0.463. The molecule has 1 rings (SSSR count). The topological polar surface area (TPSA) is 29.1 Å². The predicted octanol–water partition coefficient (Wildman–Crippen LogP) is -0.273. The van der Waals surface area contributed by atoms with Crippen LogP contribution >= 0.6 is 0 Å². The van der Waals surface area contributed by atoms with Crippen molar-refractivity contribution < 1.29 is 4.21 Å². The van der Waals surface area contributed by atoms with Crippen LogP contribution in [0.3, 0.4) is 0 Å². The third-order valence-electron chi connectivity index (χ3n) is 1.26. The van der Waals surface area contributed by atoms with Crippen molar-refractivity contribution in [2.24, 2.45) is 0 Å². The molecule has 1 aliphatic heterocycles. The van der Waals surface area contributed by atoms with Gasteiger partial charge in [-0.25, -0.2) is 0 Å². The summed E-state index contributed by atoms with van der Waals surface area (Å²) in [5.41, 5.74) is 0. The maximum atomic E-state index is 10.7. The van der Waals surface area contributed by atoms with Crippen LogP contribution in [0.2, 0.25) is 0 Å². The second-order valence-electron chi connectivity index (χ2n) is 2.17. The second kappa shape index (κ2) is 2.60. The zero-order valence-electron chi connectivity index (χ0n) is 5.02. The molecule has 1 saturated heterocycles. The average molecular weight is 133 g/mol. The van der Waals surface area contributed by atoms with Gasteiger partial charge < -0.3 is 5.32 Å². The van der Waals surface area contributed by atoms with Gasteiger partial charge >= 0.3 is 0 Å². The molecule has 0 radical (unpaired) electrons. The highest BCUT2D eigenvalue weighted by atomic mass is 32.2. The fraction of sp³-hybridized carbons (Fsp3) is 1.00. The first-order chi connectivity index (χ1) is 3.79. The van der Waals surface area contributed by atoms with E-state index in [4.69, 9.17) is 0 Å². The minimum Gasteiger partial charge on any atom is -0.312 e. The van der Waals surface area contributed by atoms with E-state index in [2.05, 4.69) is 12.2 Å². The van der Waals surface area contributed by atoms with E-state index < -0.39 is 10.8 Å². The first-order valence-corrected chi connectivity index (χ1v) is 4.36. The largest absolute Gasteiger partial charge is 0.312 e. The van der Waals surface area contributed by atoms with Gasteiger partial charge in [0.1, 0.15) is 0 Å². The van der Waals surface area contributed by atoms with Crippen LogP contribution in [0, 0.1) is 0 Å².